The van der Waals surface area contributed by atoms with Crippen LogP contribution in [0.2, 0.25) is 5.02 Å². The molecule has 0 radical (unpaired) electrons. The molecule has 0 unspecified atom stereocenters. The number of halogens is 1. The molecule has 0 aliphatic rings. The third-order valence-corrected chi connectivity index (χ3v) is 8.20. The van der Waals surface area contributed by atoms with E-state index in [4.69, 9.17) is 16.6 Å². The number of rotatable bonds is 11. The Hall–Kier alpha value is -3.02. The first-order chi connectivity index (χ1) is 18.4. The average Bonchev–Trinajstić information content (AvgIpc) is 3.41. The summed E-state index contributed by atoms with van der Waals surface area (Å²) in [5.41, 5.74) is 6.42. The van der Waals surface area contributed by atoms with Crippen molar-refractivity contribution in [2.75, 3.05) is 0 Å². The lowest BCUT2D eigenvalue weighted by Crippen LogP contribution is -2.27. The number of carbonyl (C=O) groups is 1. The van der Waals surface area contributed by atoms with Gasteiger partial charge in [-0.15, -0.1) is 11.3 Å². The highest BCUT2D eigenvalue weighted by molar-refractivity contribution is 7.13. The lowest BCUT2D eigenvalue weighted by Gasteiger charge is -2.21. The molecule has 4 aromatic rings. The van der Waals surface area contributed by atoms with Gasteiger partial charge in [-0.1, -0.05) is 82.0 Å². The largest absolute Gasteiger partial charge is 0.294 e. The number of aromatic nitrogens is 2. The zero-order chi connectivity index (χ0) is 27.2. The molecule has 0 aliphatic heterocycles. The minimum absolute atomic E-state index is 0.0788. The van der Waals surface area contributed by atoms with E-state index in [1.54, 1.807) is 10.6 Å². The van der Waals surface area contributed by atoms with Gasteiger partial charge < -0.3 is 0 Å². The first-order valence-corrected chi connectivity index (χ1v) is 14.8. The summed E-state index contributed by atoms with van der Waals surface area (Å²) in [6.45, 7) is 8.26. The Kier molecular flexibility index (Phi) is 9.35. The number of carbonyl (C=O) groups excluding carboxylic acids is 1. The number of hydrogen-bond donors (Lipinski definition) is 0. The van der Waals surface area contributed by atoms with E-state index >= 15 is 0 Å². The molecule has 2 aromatic heterocycles. The number of aryl methyl sites for hydroxylation is 2. The van der Waals surface area contributed by atoms with Crippen molar-refractivity contribution in [2.24, 2.45) is 0 Å². The van der Waals surface area contributed by atoms with Gasteiger partial charge in [-0.2, -0.15) is 0 Å². The predicted molar refractivity (Wildman–Crippen MR) is 160 cm³/mol. The Bertz CT molecular complexity index is 1460. The molecular formula is C32H35ClN2O2S. The number of pyridine rings is 1. The number of nitrogens with zero attached hydrogens (tertiary/aromatic N) is 2. The van der Waals surface area contributed by atoms with Crippen molar-refractivity contribution in [3.63, 3.8) is 0 Å². The smallest absolute Gasteiger partial charge is 0.265 e. The molecule has 0 saturated heterocycles. The third kappa shape index (κ3) is 5.84. The topological polar surface area (TPSA) is 52.0 Å². The summed E-state index contributed by atoms with van der Waals surface area (Å²) >= 11 is 7.49. The van der Waals surface area contributed by atoms with Crippen LogP contribution in [0.4, 0.5) is 0 Å². The van der Waals surface area contributed by atoms with Crippen LogP contribution < -0.4 is 5.56 Å². The van der Waals surface area contributed by atoms with Crippen LogP contribution in [0.5, 0.6) is 0 Å². The highest BCUT2D eigenvalue weighted by Crippen LogP contribution is 2.31. The van der Waals surface area contributed by atoms with Crippen molar-refractivity contribution >= 4 is 28.7 Å². The van der Waals surface area contributed by atoms with Crippen molar-refractivity contribution in [3.05, 3.63) is 91.7 Å². The highest BCUT2D eigenvalue weighted by Gasteiger charge is 2.23. The summed E-state index contributed by atoms with van der Waals surface area (Å²) in [6.07, 6.45) is 6.17. The summed E-state index contributed by atoms with van der Waals surface area (Å²) in [4.78, 5) is 32.6. The van der Waals surface area contributed by atoms with Crippen molar-refractivity contribution in [1.29, 1.82) is 0 Å². The first kappa shape index (κ1) is 28.0. The molecule has 0 amide bonds. The zero-order valence-electron chi connectivity index (χ0n) is 22.6. The van der Waals surface area contributed by atoms with Crippen molar-refractivity contribution in [3.8, 4) is 27.5 Å². The summed E-state index contributed by atoms with van der Waals surface area (Å²) in [6, 6.07) is 15.5. The summed E-state index contributed by atoms with van der Waals surface area (Å²) in [5, 5.41) is 3.22. The Morgan fingerprint density at radius 1 is 0.974 bits per heavy atom. The van der Waals surface area contributed by atoms with Gasteiger partial charge in [-0.3, -0.25) is 14.2 Å². The quantitative estimate of drug-likeness (QED) is 0.139. The zero-order valence-corrected chi connectivity index (χ0v) is 24.2. The van der Waals surface area contributed by atoms with E-state index in [0.717, 1.165) is 66.6 Å². The van der Waals surface area contributed by atoms with Gasteiger partial charge in [-0.05, 0) is 55.5 Å². The number of para-hydroxylation sites is 1. The molecule has 0 atom stereocenters. The first-order valence-electron chi connectivity index (χ1n) is 13.5. The molecule has 2 aromatic carbocycles. The summed E-state index contributed by atoms with van der Waals surface area (Å²) in [5.74, 6) is 0.0788. The van der Waals surface area contributed by atoms with Gasteiger partial charge in [-0.25, -0.2) is 4.98 Å². The fourth-order valence-corrected chi connectivity index (χ4v) is 5.87. The maximum absolute atomic E-state index is 14.2. The van der Waals surface area contributed by atoms with Gasteiger partial charge in [0.2, 0.25) is 0 Å². The second kappa shape index (κ2) is 12.7. The Morgan fingerprint density at radius 3 is 2.29 bits per heavy atom. The lowest BCUT2D eigenvalue weighted by atomic mass is 9.98. The van der Waals surface area contributed by atoms with Crippen LogP contribution in [0.1, 0.15) is 80.1 Å². The number of Topliss-reactive ketones (excluding diaryl/α,β-unsaturated/α-hetero) is 1. The standard InChI is InChI=1S/C32H35ClN2O2S/c1-5-8-9-10-14-29(36)26-19-27(31-34-28(20-38-31)24-15-17-25(33)18-16-24)32(37)35(21(26)4)30-22(6-2)12-11-13-23(30)7-3/h11-13,15-20H,5-10,14H2,1-4H3. The minimum Gasteiger partial charge on any atom is -0.294 e. The van der Waals surface area contributed by atoms with E-state index in [2.05, 4.69) is 32.9 Å². The molecule has 0 N–H and O–H groups in total. The Morgan fingerprint density at radius 2 is 1.66 bits per heavy atom. The molecule has 0 saturated carbocycles. The molecule has 0 fully saturated rings. The summed E-state index contributed by atoms with van der Waals surface area (Å²) < 4.78 is 1.77. The van der Waals surface area contributed by atoms with Gasteiger partial charge in [0, 0.05) is 33.6 Å². The minimum atomic E-state index is -0.141. The monoisotopic (exact) mass is 546 g/mol. The third-order valence-electron chi connectivity index (χ3n) is 7.07. The van der Waals surface area contributed by atoms with Gasteiger partial charge in [0.05, 0.1) is 16.9 Å². The number of thiazole rings is 1. The molecule has 4 rings (SSSR count). The number of benzene rings is 2. The van der Waals surface area contributed by atoms with Crippen molar-refractivity contribution in [1.82, 2.24) is 9.55 Å². The van der Waals surface area contributed by atoms with Gasteiger partial charge in [0.15, 0.2) is 5.78 Å². The molecule has 0 aliphatic carbocycles. The van der Waals surface area contributed by atoms with Crippen LogP contribution in [-0.2, 0) is 12.8 Å². The van der Waals surface area contributed by atoms with Crippen LogP contribution in [-0.4, -0.2) is 15.3 Å². The second-order valence-electron chi connectivity index (χ2n) is 9.61. The molecule has 0 bridgehead atoms. The SMILES string of the molecule is CCCCCCC(=O)c1cc(-c2nc(-c3ccc(Cl)cc3)cs2)c(=O)n(-c2c(CC)cccc2CC)c1C. The van der Waals surface area contributed by atoms with E-state index in [1.807, 2.05) is 42.6 Å². The van der Waals surface area contributed by atoms with E-state index in [9.17, 15) is 9.59 Å². The highest BCUT2D eigenvalue weighted by atomic mass is 35.5. The van der Waals surface area contributed by atoms with Crippen LogP contribution in [0.15, 0.2) is 58.7 Å². The predicted octanol–water partition coefficient (Wildman–Crippen LogP) is 8.87. The van der Waals surface area contributed by atoms with E-state index in [-0.39, 0.29) is 11.3 Å². The summed E-state index contributed by atoms with van der Waals surface area (Å²) in [7, 11) is 0. The molecule has 0 spiro atoms. The number of ketones is 1. The number of hydrogen-bond acceptors (Lipinski definition) is 4. The maximum Gasteiger partial charge on any atom is 0.265 e. The average molecular weight is 547 g/mol. The lowest BCUT2D eigenvalue weighted by molar-refractivity contribution is 0.0978. The Labute approximate surface area is 234 Å². The van der Waals surface area contributed by atoms with E-state index < -0.39 is 0 Å². The molecule has 198 valence electrons. The van der Waals surface area contributed by atoms with Crippen LogP contribution in [0, 0.1) is 6.92 Å². The molecule has 38 heavy (non-hydrogen) atoms. The fourth-order valence-electron chi connectivity index (χ4n) is 4.91. The van der Waals surface area contributed by atoms with Gasteiger partial charge in [0.1, 0.15) is 5.01 Å². The molecule has 4 nitrogen and oxygen atoms in total. The van der Waals surface area contributed by atoms with Crippen LogP contribution >= 0.6 is 22.9 Å². The number of unbranched alkanes of at least 4 members (excludes halogenated alkanes) is 3. The molecular weight excluding hydrogens is 512 g/mol. The van der Waals surface area contributed by atoms with Crippen molar-refractivity contribution in [2.45, 2.75) is 72.6 Å². The normalized spacial score (nSPS) is 11.2. The van der Waals surface area contributed by atoms with Gasteiger partial charge >= 0.3 is 0 Å². The van der Waals surface area contributed by atoms with E-state index in [0.29, 0.717) is 33.3 Å². The van der Waals surface area contributed by atoms with Crippen LogP contribution in [0.25, 0.3) is 27.5 Å². The maximum atomic E-state index is 14.2. The van der Waals surface area contributed by atoms with E-state index in [1.165, 1.54) is 11.3 Å². The van der Waals surface area contributed by atoms with Gasteiger partial charge in [0.25, 0.3) is 5.56 Å². The molecule has 6 heteroatoms. The van der Waals surface area contributed by atoms with Crippen molar-refractivity contribution < 1.29 is 4.79 Å². The molecule has 2 heterocycles. The fraction of sp³-hybridized carbons (Fsp3) is 0.344. The van der Waals surface area contributed by atoms with Crippen LogP contribution in [0.3, 0.4) is 0 Å². The second-order valence-corrected chi connectivity index (χ2v) is 10.9. The Balaban J connectivity index is 1.91.